The Balaban J connectivity index is 2.75. The number of carboxylic acid groups (broad SMARTS) is 2. The Hall–Kier alpha value is -1.71. The minimum absolute atomic E-state index is 0.0170. The molecule has 1 saturated heterocycles. The maximum absolute atomic E-state index is 12.8. The smallest absolute Gasteiger partial charge is 0.326 e. The van der Waals surface area contributed by atoms with Gasteiger partial charge in [-0.25, -0.2) is 4.79 Å². The lowest BCUT2D eigenvalue weighted by atomic mass is 10.1. The molecule has 2 atom stereocenters. The monoisotopic (exact) mass is 311 g/mol. The first-order valence-electron chi connectivity index (χ1n) is 5.80. The summed E-state index contributed by atoms with van der Waals surface area (Å²) in [6.45, 7) is -0.526. The first-order valence-corrected chi connectivity index (χ1v) is 7.25. The van der Waals surface area contributed by atoms with Crippen molar-refractivity contribution < 1.29 is 36.9 Å². The van der Waals surface area contributed by atoms with E-state index in [0.717, 1.165) is 4.90 Å². The number of halogens is 1. The van der Waals surface area contributed by atoms with E-state index in [4.69, 9.17) is 10.2 Å². The third-order valence-corrected chi connectivity index (χ3v) is 4.16. The summed E-state index contributed by atoms with van der Waals surface area (Å²) in [6, 6.07) is -1.34. The summed E-state index contributed by atoms with van der Waals surface area (Å²) in [5.74, 6) is -3.24. The van der Waals surface area contributed by atoms with Gasteiger partial charge >= 0.3 is 22.2 Å². The summed E-state index contributed by atoms with van der Waals surface area (Å²) in [5, 5.41) is 15.9. The van der Waals surface area contributed by atoms with Crippen LogP contribution in [0.5, 0.6) is 0 Å². The standard InChI is InChI=1S/C10H14FNO7S/c11-20(18,19)6-4-8(13)12(5-6)7(10(16)17)2-1-3-9(14)15/h6-7H,1-5H2,(H,14,15)(H,16,17). The van der Waals surface area contributed by atoms with Gasteiger partial charge in [-0.2, -0.15) is 8.42 Å². The van der Waals surface area contributed by atoms with Gasteiger partial charge in [-0.1, -0.05) is 0 Å². The molecule has 1 fully saturated rings. The van der Waals surface area contributed by atoms with Gasteiger partial charge in [0.1, 0.15) is 11.3 Å². The number of amides is 1. The van der Waals surface area contributed by atoms with Crippen LogP contribution in [0.25, 0.3) is 0 Å². The fourth-order valence-electron chi connectivity index (χ4n) is 2.05. The third kappa shape index (κ3) is 4.15. The molecule has 1 heterocycles. The van der Waals surface area contributed by atoms with Crippen molar-refractivity contribution in [2.24, 2.45) is 0 Å². The summed E-state index contributed by atoms with van der Waals surface area (Å²) in [4.78, 5) is 33.8. The van der Waals surface area contributed by atoms with Gasteiger partial charge in [-0.15, -0.1) is 3.89 Å². The normalized spacial score (nSPS) is 20.9. The molecule has 0 saturated carbocycles. The van der Waals surface area contributed by atoms with E-state index in [1.165, 1.54) is 0 Å². The van der Waals surface area contributed by atoms with Crippen molar-refractivity contribution in [3.05, 3.63) is 0 Å². The summed E-state index contributed by atoms with van der Waals surface area (Å²) in [6.07, 6.45) is -0.978. The molecule has 0 aromatic carbocycles. The van der Waals surface area contributed by atoms with Crippen LogP contribution in [0.15, 0.2) is 0 Å². The highest BCUT2D eigenvalue weighted by Gasteiger charge is 2.43. The average Bonchev–Trinajstić information content (AvgIpc) is 2.65. The van der Waals surface area contributed by atoms with E-state index in [-0.39, 0.29) is 19.3 Å². The molecule has 0 aromatic heterocycles. The van der Waals surface area contributed by atoms with Crippen molar-refractivity contribution in [1.82, 2.24) is 4.90 Å². The topological polar surface area (TPSA) is 129 Å². The number of nitrogens with zero attached hydrogens (tertiary/aromatic N) is 1. The SMILES string of the molecule is O=C(O)CCCC(C(=O)O)N1CC(S(=O)(=O)F)CC1=O. The summed E-state index contributed by atoms with van der Waals surface area (Å²) in [7, 11) is -4.91. The van der Waals surface area contributed by atoms with E-state index in [2.05, 4.69) is 0 Å². The van der Waals surface area contributed by atoms with E-state index >= 15 is 0 Å². The Morgan fingerprint density at radius 2 is 2.00 bits per heavy atom. The van der Waals surface area contributed by atoms with Crippen LogP contribution < -0.4 is 0 Å². The molecule has 2 unspecified atom stereocenters. The average molecular weight is 311 g/mol. The van der Waals surface area contributed by atoms with E-state index < -0.39 is 52.3 Å². The van der Waals surface area contributed by atoms with Crippen LogP contribution in [-0.2, 0) is 24.6 Å². The molecule has 20 heavy (non-hydrogen) atoms. The van der Waals surface area contributed by atoms with E-state index in [1.54, 1.807) is 0 Å². The van der Waals surface area contributed by atoms with Crippen LogP contribution in [-0.4, -0.2) is 59.2 Å². The minimum atomic E-state index is -4.91. The van der Waals surface area contributed by atoms with Gasteiger partial charge in [0.15, 0.2) is 0 Å². The Kier molecular flexibility index (Phi) is 5.03. The zero-order valence-corrected chi connectivity index (χ0v) is 11.2. The zero-order valence-electron chi connectivity index (χ0n) is 10.4. The lowest BCUT2D eigenvalue weighted by Crippen LogP contribution is -2.42. The molecule has 0 aliphatic carbocycles. The second-order valence-corrected chi connectivity index (χ2v) is 6.11. The molecule has 1 aliphatic heterocycles. The summed E-state index contributed by atoms with van der Waals surface area (Å²) >= 11 is 0. The van der Waals surface area contributed by atoms with Crippen LogP contribution >= 0.6 is 0 Å². The molecule has 0 radical (unpaired) electrons. The van der Waals surface area contributed by atoms with Crippen LogP contribution in [0.2, 0.25) is 0 Å². The van der Waals surface area contributed by atoms with E-state index in [0.29, 0.717) is 0 Å². The van der Waals surface area contributed by atoms with E-state index in [9.17, 15) is 26.7 Å². The molecule has 0 aromatic rings. The molecular formula is C10H14FNO7S. The highest BCUT2D eigenvalue weighted by Crippen LogP contribution is 2.23. The largest absolute Gasteiger partial charge is 0.481 e. The van der Waals surface area contributed by atoms with Gasteiger partial charge in [-0.3, -0.25) is 9.59 Å². The predicted octanol–water partition coefficient (Wildman–Crippen LogP) is -0.405. The number of likely N-dealkylation sites (tertiary alicyclic amines) is 1. The van der Waals surface area contributed by atoms with Gasteiger partial charge in [0.05, 0.1) is 0 Å². The van der Waals surface area contributed by atoms with Crippen LogP contribution in [0.3, 0.4) is 0 Å². The van der Waals surface area contributed by atoms with Crippen molar-refractivity contribution in [1.29, 1.82) is 0 Å². The number of aliphatic carboxylic acids is 2. The van der Waals surface area contributed by atoms with E-state index in [1.807, 2.05) is 0 Å². The second-order valence-electron chi connectivity index (χ2n) is 4.49. The molecule has 1 aliphatic rings. The highest BCUT2D eigenvalue weighted by atomic mass is 32.3. The molecule has 0 spiro atoms. The molecule has 0 bridgehead atoms. The number of carboxylic acids is 2. The molecule has 10 heteroatoms. The maximum Gasteiger partial charge on any atom is 0.326 e. The van der Waals surface area contributed by atoms with Gasteiger partial charge in [-0.05, 0) is 12.8 Å². The van der Waals surface area contributed by atoms with Crippen molar-refractivity contribution >= 4 is 28.1 Å². The number of rotatable bonds is 7. The Morgan fingerprint density at radius 3 is 2.40 bits per heavy atom. The number of carbonyl (C=O) groups is 3. The van der Waals surface area contributed by atoms with Crippen LogP contribution in [0, 0.1) is 0 Å². The van der Waals surface area contributed by atoms with Crippen molar-refractivity contribution in [2.45, 2.75) is 37.0 Å². The summed E-state index contributed by atoms with van der Waals surface area (Å²) in [5.41, 5.74) is 0. The summed E-state index contributed by atoms with van der Waals surface area (Å²) < 4.78 is 34.3. The fraction of sp³-hybridized carbons (Fsp3) is 0.700. The Labute approximate surface area is 114 Å². The van der Waals surface area contributed by atoms with Crippen molar-refractivity contribution in [2.75, 3.05) is 6.54 Å². The number of carbonyl (C=O) groups excluding carboxylic acids is 1. The fourth-order valence-corrected chi connectivity index (χ4v) is 2.73. The Morgan fingerprint density at radius 1 is 1.40 bits per heavy atom. The van der Waals surface area contributed by atoms with Gasteiger partial charge in [0.25, 0.3) is 0 Å². The molecule has 8 nitrogen and oxygen atoms in total. The highest BCUT2D eigenvalue weighted by molar-refractivity contribution is 7.87. The van der Waals surface area contributed by atoms with Crippen LogP contribution in [0.4, 0.5) is 3.89 Å². The van der Waals surface area contributed by atoms with Crippen LogP contribution in [0.1, 0.15) is 25.7 Å². The van der Waals surface area contributed by atoms with Gasteiger partial charge in [0, 0.05) is 19.4 Å². The van der Waals surface area contributed by atoms with Crippen molar-refractivity contribution in [3.63, 3.8) is 0 Å². The molecule has 114 valence electrons. The van der Waals surface area contributed by atoms with Crippen molar-refractivity contribution in [3.8, 4) is 0 Å². The second kappa shape index (κ2) is 6.16. The number of hydrogen-bond acceptors (Lipinski definition) is 5. The molecular weight excluding hydrogens is 297 g/mol. The minimum Gasteiger partial charge on any atom is -0.481 e. The zero-order chi connectivity index (χ0) is 15.5. The first kappa shape index (κ1) is 16.3. The first-order chi connectivity index (χ1) is 9.12. The lowest BCUT2D eigenvalue weighted by Gasteiger charge is -2.24. The van der Waals surface area contributed by atoms with Gasteiger partial charge < -0.3 is 15.1 Å². The lowest BCUT2D eigenvalue weighted by molar-refractivity contribution is -0.149. The Bertz CT molecular complexity index is 518. The maximum atomic E-state index is 12.8. The predicted molar refractivity (Wildman–Crippen MR) is 63.1 cm³/mol. The third-order valence-electron chi connectivity index (χ3n) is 3.05. The molecule has 1 amide bonds. The quantitative estimate of drug-likeness (QED) is 0.612. The molecule has 1 rings (SSSR count). The van der Waals surface area contributed by atoms with Gasteiger partial charge in [0.2, 0.25) is 5.91 Å². The molecule has 2 N–H and O–H groups in total. The number of hydrogen-bond donors (Lipinski definition) is 2.